The van der Waals surface area contributed by atoms with E-state index in [0.717, 1.165) is 10.5 Å². The highest BCUT2D eigenvalue weighted by Gasteiger charge is 2.31. The Balaban J connectivity index is 1.28. The van der Waals surface area contributed by atoms with Crippen LogP contribution < -0.4 is 20.8 Å². The van der Waals surface area contributed by atoms with E-state index in [4.69, 9.17) is 18.6 Å². The quantitative estimate of drug-likeness (QED) is 0.0869. The van der Waals surface area contributed by atoms with Crippen LogP contribution in [0.4, 0.5) is 11.5 Å². The highest BCUT2D eigenvalue weighted by atomic mass is 32.2. The Morgan fingerprint density at radius 1 is 1.12 bits per heavy atom. The van der Waals surface area contributed by atoms with Gasteiger partial charge in [-0.15, -0.1) is 0 Å². The van der Waals surface area contributed by atoms with Gasteiger partial charge in [-0.1, -0.05) is 12.1 Å². The number of carbonyl (C=O) groups is 1. The summed E-state index contributed by atoms with van der Waals surface area (Å²) in [5.41, 5.74) is 0.242. The average Bonchev–Trinajstić information content (AvgIpc) is 3.13. The molecule has 2 unspecified atom stereocenters. The first-order valence-corrected chi connectivity index (χ1v) is 16.9. The normalized spacial score (nSPS) is 16.0. The molecule has 5 rings (SSSR count). The molecule has 0 spiro atoms. The van der Waals surface area contributed by atoms with Crippen LogP contribution in [0.15, 0.2) is 99.1 Å². The number of anilines is 1. The van der Waals surface area contributed by atoms with Crippen molar-refractivity contribution in [3.05, 3.63) is 111 Å². The van der Waals surface area contributed by atoms with Crippen molar-refractivity contribution in [3.8, 4) is 5.75 Å². The van der Waals surface area contributed by atoms with Crippen molar-refractivity contribution in [2.24, 2.45) is 0 Å². The molecular formula is C33H35N5O11S. The van der Waals surface area contributed by atoms with Gasteiger partial charge in [0.05, 0.1) is 41.8 Å². The fourth-order valence-electron chi connectivity index (χ4n) is 5.18. The van der Waals surface area contributed by atoms with Crippen LogP contribution in [0.2, 0.25) is 0 Å². The Morgan fingerprint density at radius 3 is 2.60 bits per heavy atom. The standard InChI is InChI=1S/C33H35N5O11S/c1-46-24-7-9-25(10-8-24)50(44,45)37(14-16-39)15-17-47-31-19-22(27-21-48-28-5-3-2-4-26(28)32(27)40)18-29(49-31)33(41)35-13-12-34-30-11-6-23(20-36-30)38(42)43/h2-11,18,20-22,31,39H,12-17,19H2,1H3,(H,34,36)(H,35,41). The lowest BCUT2D eigenvalue weighted by molar-refractivity contribution is -0.385. The number of ether oxygens (including phenoxy) is 3. The lowest BCUT2D eigenvalue weighted by Gasteiger charge is -2.30. The number of sulfonamides is 1. The number of benzene rings is 2. The third-order valence-corrected chi connectivity index (χ3v) is 9.67. The Labute approximate surface area is 286 Å². The van der Waals surface area contributed by atoms with E-state index in [1.165, 1.54) is 55.8 Å². The summed E-state index contributed by atoms with van der Waals surface area (Å²) < 4.78 is 50.4. The zero-order valence-electron chi connectivity index (χ0n) is 26.9. The van der Waals surface area contributed by atoms with Gasteiger partial charge in [-0.05, 0) is 48.5 Å². The predicted octanol–water partition coefficient (Wildman–Crippen LogP) is 2.75. The zero-order chi connectivity index (χ0) is 35.7. The molecule has 4 aromatic rings. The minimum atomic E-state index is -4.01. The Hall–Kier alpha value is -5.36. The van der Waals surface area contributed by atoms with Gasteiger partial charge in [0.2, 0.25) is 16.3 Å². The molecule has 0 fully saturated rings. The number of hydrogen-bond acceptors (Lipinski definition) is 13. The summed E-state index contributed by atoms with van der Waals surface area (Å²) in [6.07, 6.45) is 3.02. The number of hydrogen-bond donors (Lipinski definition) is 3. The van der Waals surface area contributed by atoms with Crippen LogP contribution in [0.1, 0.15) is 17.9 Å². The van der Waals surface area contributed by atoms with E-state index in [-0.39, 0.29) is 66.5 Å². The molecule has 2 aromatic carbocycles. The number of aliphatic hydroxyl groups excluding tert-OH is 1. The number of nitro groups is 1. The highest BCUT2D eigenvalue weighted by molar-refractivity contribution is 7.89. The summed E-state index contributed by atoms with van der Waals surface area (Å²) in [7, 11) is -2.54. The first-order chi connectivity index (χ1) is 24.1. The number of rotatable bonds is 16. The maximum atomic E-state index is 13.4. The molecule has 1 aliphatic rings. The molecule has 0 saturated carbocycles. The van der Waals surface area contributed by atoms with Gasteiger partial charge >= 0.3 is 0 Å². The van der Waals surface area contributed by atoms with Crippen LogP contribution >= 0.6 is 0 Å². The molecular weight excluding hydrogens is 674 g/mol. The van der Waals surface area contributed by atoms with Crippen LogP contribution in [0.25, 0.3) is 11.0 Å². The molecule has 17 heteroatoms. The molecule has 1 aliphatic heterocycles. The smallest absolute Gasteiger partial charge is 0.287 e. The number of para-hydroxylation sites is 1. The van der Waals surface area contributed by atoms with E-state index in [0.29, 0.717) is 22.5 Å². The highest BCUT2D eigenvalue weighted by Crippen LogP contribution is 2.31. The molecule has 264 valence electrons. The number of allylic oxidation sites excluding steroid dienone is 1. The van der Waals surface area contributed by atoms with Crippen LogP contribution in [-0.2, 0) is 24.3 Å². The molecule has 0 saturated heterocycles. The number of nitrogens with one attached hydrogen (secondary N) is 2. The predicted molar refractivity (Wildman–Crippen MR) is 180 cm³/mol. The van der Waals surface area contributed by atoms with Gasteiger partial charge in [-0.25, -0.2) is 13.4 Å². The molecule has 0 aliphatic carbocycles. The van der Waals surface area contributed by atoms with Crippen molar-refractivity contribution >= 4 is 38.4 Å². The van der Waals surface area contributed by atoms with Crippen LogP contribution in [-0.4, -0.2) is 86.4 Å². The SMILES string of the molecule is COc1ccc(S(=O)(=O)N(CCO)CCOC2CC(c3coc4ccccc4c3=O)C=C(C(=O)NCCNc3ccc([N+](=O)[O-])cn3)O2)cc1. The number of fused-ring (bicyclic) bond motifs is 1. The van der Waals surface area contributed by atoms with Crippen LogP contribution in [0.5, 0.6) is 5.75 Å². The Morgan fingerprint density at radius 2 is 1.90 bits per heavy atom. The van der Waals surface area contributed by atoms with E-state index in [9.17, 15) is 33.2 Å². The lowest BCUT2D eigenvalue weighted by atomic mass is 9.93. The van der Waals surface area contributed by atoms with Crippen molar-refractivity contribution < 1.29 is 41.9 Å². The van der Waals surface area contributed by atoms with Gasteiger partial charge < -0.3 is 34.4 Å². The van der Waals surface area contributed by atoms with Crippen LogP contribution in [0.3, 0.4) is 0 Å². The second-order valence-corrected chi connectivity index (χ2v) is 12.9. The fourth-order valence-corrected chi connectivity index (χ4v) is 6.60. The van der Waals surface area contributed by atoms with Gasteiger partial charge in [0.25, 0.3) is 11.6 Å². The molecule has 3 heterocycles. The second-order valence-electron chi connectivity index (χ2n) is 11.0. The van der Waals surface area contributed by atoms with Gasteiger partial charge in [0, 0.05) is 50.1 Å². The monoisotopic (exact) mass is 709 g/mol. The molecule has 0 bridgehead atoms. The van der Waals surface area contributed by atoms with E-state index < -0.39 is 39.7 Å². The minimum absolute atomic E-state index is 0.00417. The summed E-state index contributed by atoms with van der Waals surface area (Å²) in [5.74, 6) is -0.523. The number of aliphatic hydroxyl groups is 1. The molecule has 0 radical (unpaired) electrons. The zero-order valence-corrected chi connectivity index (χ0v) is 27.7. The summed E-state index contributed by atoms with van der Waals surface area (Å²) in [5, 5.41) is 26.5. The van der Waals surface area contributed by atoms with Crippen molar-refractivity contribution in [1.82, 2.24) is 14.6 Å². The summed E-state index contributed by atoms with van der Waals surface area (Å²) >= 11 is 0. The van der Waals surface area contributed by atoms with E-state index in [1.54, 1.807) is 24.3 Å². The second kappa shape index (κ2) is 16.4. The van der Waals surface area contributed by atoms with Gasteiger partial charge in [0.15, 0.2) is 11.2 Å². The minimum Gasteiger partial charge on any atom is -0.497 e. The summed E-state index contributed by atoms with van der Waals surface area (Å²) in [4.78, 5) is 41.0. The topological polar surface area (TPSA) is 213 Å². The Bertz CT molecular complexity index is 2000. The van der Waals surface area contributed by atoms with Gasteiger partial charge in [-0.2, -0.15) is 4.31 Å². The number of pyridine rings is 1. The van der Waals surface area contributed by atoms with Crippen LogP contribution in [0, 0.1) is 10.1 Å². The number of carbonyl (C=O) groups excluding carboxylic acids is 1. The number of nitrogens with zero attached hydrogens (tertiary/aromatic N) is 3. The number of amides is 1. The summed E-state index contributed by atoms with van der Waals surface area (Å²) in [6, 6.07) is 15.3. The van der Waals surface area contributed by atoms with E-state index >= 15 is 0 Å². The number of methoxy groups -OCH3 is 1. The lowest BCUT2D eigenvalue weighted by Crippen LogP contribution is -2.38. The average molecular weight is 710 g/mol. The number of aromatic nitrogens is 1. The van der Waals surface area contributed by atoms with Crippen molar-refractivity contribution in [1.29, 1.82) is 0 Å². The third-order valence-electron chi connectivity index (χ3n) is 7.75. The van der Waals surface area contributed by atoms with E-state index in [1.807, 2.05) is 0 Å². The molecule has 16 nitrogen and oxygen atoms in total. The van der Waals surface area contributed by atoms with Crippen molar-refractivity contribution in [2.75, 3.05) is 51.8 Å². The molecule has 2 atom stereocenters. The van der Waals surface area contributed by atoms with Gasteiger partial charge in [-0.3, -0.25) is 19.7 Å². The van der Waals surface area contributed by atoms with Crippen molar-refractivity contribution in [3.63, 3.8) is 0 Å². The molecule has 3 N–H and O–H groups in total. The van der Waals surface area contributed by atoms with E-state index in [2.05, 4.69) is 15.6 Å². The Kier molecular flexibility index (Phi) is 11.8. The largest absolute Gasteiger partial charge is 0.497 e. The van der Waals surface area contributed by atoms with Crippen molar-refractivity contribution in [2.45, 2.75) is 23.5 Å². The third kappa shape index (κ3) is 8.61. The fraction of sp³-hybridized carbons (Fsp3) is 0.303. The maximum Gasteiger partial charge on any atom is 0.287 e. The van der Waals surface area contributed by atoms with Gasteiger partial charge in [0.1, 0.15) is 23.3 Å². The summed E-state index contributed by atoms with van der Waals surface area (Å²) in [6.45, 7) is -0.597. The molecule has 50 heavy (non-hydrogen) atoms. The first-order valence-electron chi connectivity index (χ1n) is 15.5. The molecule has 1 amide bonds. The first kappa shape index (κ1) is 35.9. The molecule has 2 aromatic heterocycles. The maximum absolute atomic E-state index is 13.4.